The van der Waals surface area contributed by atoms with Gasteiger partial charge < -0.3 is 14.5 Å². The van der Waals surface area contributed by atoms with Gasteiger partial charge in [0.25, 0.3) is 5.89 Å². The van der Waals surface area contributed by atoms with Gasteiger partial charge in [0.2, 0.25) is 11.8 Å². The van der Waals surface area contributed by atoms with E-state index in [0.717, 1.165) is 12.0 Å². The Kier molecular flexibility index (Phi) is 6.94. The molecule has 128 valence electrons. The molecule has 1 amide bonds. The van der Waals surface area contributed by atoms with Crippen molar-refractivity contribution in [2.45, 2.75) is 39.2 Å². The summed E-state index contributed by atoms with van der Waals surface area (Å²) in [7, 11) is 0. The predicted octanol–water partition coefficient (Wildman–Crippen LogP) is 2.48. The lowest BCUT2D eigenvalue weighted by atomic mass is 10.2. The van der Waals surface area contributed by atoms with Crippen LogP contribution in [0.5, 0.6) is 0 Å². The average Bonchev–Trinajstić information content (AvgIpc) is 3.08. The van der Waals surface area contributed by atoms with Gasteiger partial charge in [0.15, 0.2) is 6.61 Å². The fourth-order valence-electron chi connectivity index (χ4n) is 1.97. The van der Waals surface area contributed by atoms with Gasteiger partial charge in [0.05, 0.1) is 0 Å². The van der Waals surface area contributed by atoms with Crippen LogP contribution >= 0.6 is 0 Å². The number of hydrogen-bond donors (Lipinski definition) is 1. The minimum Gasteiger partial charge on any atom is -0.456 e. The number of ether oxygens (including phenoxy) is 1. The van der Waals surface area contributed by atoms with E-state index in [1.165, 1.54) is 0 Å². The molecule has 0 aliphatic rings. The molecule has 2 aromatic rings. The van der Waals surface area contributed by atoms with E-state index in [-0.39, 0.29) is 24.8 Å². The van der Waals surface area contributed by atoms with Crippen LogP contribution in [0, 0.1) is 0 Å². The van der Waals surface area contributed by atoms with Gasteiger partial charge in [0.1, 0.15) is 0 Å². The van der Waals surface area contributed by atoms with Gasteiger partial charge in [-0.1, -0.05) is 25.1 Å². The van der Waals surface area contributed by atoms with Gasteiger partial charge in [0, 0.05) is 24.9 Å². The van der Waals surface area contributed by atoms with Crippen LogP contribution in [-0.2, 0) is 20.9 Å². The molecule has 1 aromatic heterocycles. The van der Waals surface area contributed by atoms with E-state index in [0.29, 0.717) is 25.3 Å². The van der Waals surface area contributed by atoms with E-state index >= 15 is 0 Å². The fourth-order valence-corrected chi connectivity index (χ4v) is 1.97. The Balaban J connectivity index is 1.69. The van der Waals surface area contributed by atoms with Crippen LogP contribution in [0.3, 0.4) is 0 Å². The minimum absolute atomic E-state index is 0.0472. The van der Waals surface area contributed by atoms with Crippen molar-refractivity contribution in [3.8, 4) is 11.5 Å². The predicted molar refractivity (Wildman–Crippen MR) is 86.7 cm³/mol. The minimum atomic E-state index is -0.391. The van der Waals surface area contributed by atoms with E-state index in [9.17, 15) is 9.59 Å². The second kappa shape index (κ2) is 9.44. The highest BCUT2D eigenvalue weighted by atomic mass is 16.5. The molecule has 1 aromatic carbocycles. The molecule has 0 fully saturated rings. The number of nitrogens with one attached hydrogen (secondary N) is 1. The summed E-state index contributed by atoms with van der Waals surface area (Å²) in [6.07, 6.45) is 1.84. The van der Waals surface area contributed by atoms with Crippen LogP contribution in [0.25, 0.3) is 11.5 Å². The molecule has 0 aliphatic heterocycles. The van der Waals surface area contributed by atoms with Crippen LogP contribution in [0.1, 0.15) is 38.5 Å². The highest BCUT2D eigenvalue weighted by Crippen LogP contribution is 2.17. The largest absolute Gasteiger partial charge is 0.456 e. The molecule has 0 radical (unpaired) electrons. The van der Waals surface area contributed by atoms with Crippen LogP contribution in [0.15, 0.2) is 34.7 Å². The van der Waals surface area contributed by atoms with Gasteiger partial charge >= 0.3 is 5.97 Å². The Morgan fingerprint density at radius 2 is 1.96 bits per heavy atom. The van der Waals surface area contributed by atoms with Crippen LogP contribution in [0.2, 0.25) is 0 Å². The summed E-state index contributed by atoms with van der Waals surface area (Å²) in [5, 5.41) is 10.5. The van der Waals surface area contributed by atoms with Crippen LogP contribution < -0.4 is 5.32 Å². The third kappa shape index (κ3) is 5.83. The van der Waals surface area contributed by atoms with Crippen molar-refractivity contribution >= 4 is 11.9 Å². The maximum atomic E-state index is 11.6. The molecule has 0 aliphatic carbocycles. The zero-order chi connectivity index (χ0) is 17.2. The Morgan fingerprint density at radius 1 is 1.17 bits per heavy atom. The molecule has 7 heteroatoms. The van der Waals surface area contributed by atoms with Crippen LogP contribution in [-0.4, -0.2) is 28.6 Å². The normalized spacial score (nSPS) is 10.4. The van der Waals surface area contributed by atoms with E-state index in [4.69, 9.17) is 9.15 Å². The number of nitrogens with zero attached hydrogens (tertiary/aromatic N) is 2. The first-order chi connectivity index (χ1) is 11.7. The van der Waals surface area contributed by atoms with Crippen molar-refractivity contribution in [2.24, 2.45) is 0 Å². The Morgan fingerprint density at radius 3 is 2.71 bits per heavy atom. The van der Waals surface area contributed by atoms with Gasteiger partial charge in [-0.15, -0.1) is 10.2 Å². The quantitative estimate of drug-likeness (QED) is 0.709. The fraction of sp³-hybridized carbons (Fsp3) is 0.412. The molecule has 0 saturated carbocycles. The smallest absolute Gasteiger partial charge is 0.306 e. The van der Waals surface area contributed by atoms with Crippen molar-refractivity contribution in [3.05, 3.63) is 36.2 Å². The monoisotopic (exact) mass is 331 g/mol. The first kappa shape index (κ1) is 17.7. The van der Waals surface area contributed by atoms with E-state index in [2.05, 4.69) is 15.5 Å². The molecular formula is C17H21N3O4. The SMILES string of the molecule is CCCNC(=O)CCCC(=O)OCc1nnc(-c2ccccc2)o1. The second-order valence-corrected chi connectivity index (χ2v) is 5.23. The summed E-state index contributed by atoms with van der Waals surface area (Å²) in [5.74, 6) is 0.184. The molecule has 0 bridgehead atoms. The summed E-state index contributed by atoms with van der Waals surface area (Å²) in [6, 6.07) is 9.34. The molecule has 0 atom stereocenters. The number of hydrogen-bond acceptors (Lipinski definition) is 6. The molecule has 0 saturated heterocycles. The molecule has 7 nitrogen and oxygen atoms in total. The first-order valence-electron chi connectivity index (χ1n) is 7.99. The van der Waals surface area contributed by atoms with Gasteiger partial charge in [-0.2, -0.15) is 0 Å². The maximum absolute atomic E-state index is 11.6. The van der Waals surface area contributed by atoms with Crippen molar-refractivity contribution in [2.75, 3.05) is 6.54 Å². The Hall–Kier alpha value is -2.70. The summed E-state index contributed by atoms with van der Waals surface area (Å²) in [4.78, 5) is 23.0. The molecule has 24 heavy (non-hydrogen) atoms. The Labute approximate surface area is 140 Å². The third-order valence-corrected chi connectivity index (χ3v) is 3.20. The maximum Gasteiger partial charge on any atom is 0.306 e. The number of carbonyl (C=O) groups excluding carboxylic acids is 2. The third-order valence-electron chi connectivity index (χ3n) is 3.20. The van der Waals surface area contributed by atoms with E-state index < -0.39 is 5.97 Å². The number of rotatable bonds is 9. The number of esters is 1. The van der Waals surface area contributed by atoms with Gasteiger partial charge in [-0.25, -0.2) is 0 Å². The van der Waals surface area contributed by atoms with Gasteiger partial charge in [-0.05, 0) is 25.0 Å². The average molecular weight is 331 g/mol. The number of aromatic nitrogens is 2. The standard InChI is InChI=1S/C17H21N3O4/c1-2-11-18-14(21)9-6-10-16(22)23-12-15-19-20-17(24-15)13-7-4-3-5-8-13/h3-5,7-8H,2,6,9-12H2,1H3,(H,18,21). The van der Waals surface area contributed by atoms with Crippen molar-refractivity contribution in [3.63, 3.8) is 0 Å². The number of carbonyl (C=O) groups is 2. The topological polar surface area (TPSA) is 94.3 Å². The summed E-state index contributed by atoms with van der Waals surface area (Å²) in [6.45, 7) is 2.57. The van der Waals surface area contributed by atoms with E-state index in [1.807, 2.05) is 37.3 Å². The van der Waals surface area contributed by atoms with Crippen molar-refractivity contribution in [1.29, 1.82) is 0 Å². The lowest BCUT2D eigenvalue weighted by Crippen LogP contribution is -2.23. The summed E-state index contributed by atoms with van der Waals surface area (Å²) < 4.78 is 10.5. The zero-order valence-corrected chi connectivity index (χ0v) is 13.7. The van der Waals surface area contributed by atoms with Crippen molar-refractivity contribution < 1.29 is 18.7 Å². The number of amides is 1. The molecule has 1 heterocycles. The lowest BCUT2D eigenvalue weighted by Gasteiger charge is -2.03. The highest BCUT2D eigenvalue weighted by Gasteiger charge is 2.11. The Bertz CT molecular complexity index is 655. The molecule has 0 spiro atoms. The zero-order valence-electron chi connectivity index (χ0n) is 13.7. The van der Waals surface area contributed by atoms with Crippen LogP contribution in [0.4, 0.5) is 0 Å². The lowest BCUT2D eigenvalue weighted by molar-refractivity contribution is -0.145. The molecule has 1 N–H and O–H groups in total. The van der Waals surface area contributed by atoms with E-state index in [1.54, 1.807) is 0 Å². The molecular weight excluding hydrogens is 310 g/mol. The summed E-state index contributed by atoms with van der Waals surface area (Å²) in [5.41, 5.74) is 0.806. The number of benzene rings is 1. The second-order valence-electron chi connectivity index (χ2n) is 5.23. The first-order valence-corrected chi connectivity index (χ1v) is 7.99. The highest BCUT2D eigenvalue weighted by molar-refractivity contribution is 5.76. The molecule has 2 rings (SSSR count). The van der Waals surface area contributed by atoms with Gasteiger partial charge in [-0.3, -0.25) is 9.59 Å². The van der Waals surface area contributed by atoms with Crippen molar-refractivity contribution in [1.82, 2.24) is 15.5 Å². The summed E-state index contributed by atoms with van der Waals surface area (Å²) >= 11 is 0. The molecule has 0 unspecified atom stereocenters.